The Morgan fingerprint density at radius 3 is 2.61 bits per heavy atom. The van der Waals surface area contributed by atoms with Crippen LogP contribution in [0.3, 0.4) is 0 Å². The molecule has 9 nitrogen and oxygen atoms in total. The lowest BCUT2D eigenvalue weighted by Gasteiger charge is -2.26. The normalized spacial score (nSPS) is 10.9. The SMILES string of the molecule is COc1cc2ncc(N(C)C=O)c(N(C)c3ncncc3F)c2cc1-c1cnn(C)c1. The number of hydrogen-bond acceptors (Lipinski definition) is 7. The molecule has 0 bridgehead atoms. The molecule has 0 unspecified atom stereocenters. The van der Waals surface area contributed by atoms with Gasteiger partial charge in [-0.25, -0.2) is 14.4 Å². The molecule has 0 saturated heterocycles. The first-order valence-corrected chi connectivity index (χ1v) is 9.31. The summed E-state index contributed by atoms with van der Waals surface area (Å²) < 4.78 is 21.8. The van der Waals surface area contributed by atoms with E-state index in [-0.39, 0.29) is 5.82 Å². The van der Waals surface area contributed by atoms with Gasteiger partial charge in [-0.1, -0.05) is 0 Å². The number of benzene rings is 1. The Bertz CT molecular complexity index is 1270. The Kier molecular flexibility index (Phi) is 5.20. The van der Waals surface area contributed by atoms with Crippen molar-refractivity contribution in [2.75, 3.05) is 31.0 Å². The van der Waals surface area contributed by atoms with Crippen LogP contribution in [-0.2, 0) is 11.8 Å². The van der Waals surface area contributed by atoms with E-state index in [1.807, 2.05) is 19.3 Å². The topological polar surface area (TPSA) is 89.3 Å². The molecule has 10 heteroatoms. The molecule has 3 aromatic heterocycles. The fourth-order valence-electron chi connectivity index (χ4n) is 3.48. The summed E-state index contributed by atoms with van der Waals surface area (Å²) in [7, 11) is 6.69. The van der Waals surface area contributed by atoms with E-state index in [0.29, 0.717) is 34.4 Å². The third-order valence-electron chi connectivity index (χ3n) is 5.00. The molecule has 0 aliphatic heterocycles. The maximum atomic E-state index is 14.5. The number of nitrogens with zero attached hydrogens (tertiary/aromatic N) is 7. The molecule has 4 rings (SSSR count). The summed E-state index contributed by atoms with van der Waals surface area (Å²) in [6.07, 6.45) is 8.19. The lowest BCUT2D eigenvalue weighted by atomic mass is 10.0. The van der Waals surface area contributed by atoms with E-state index in [1.165, 1.54) is 11.2 Å². The molecule has 158 valence electrons. The van der Waals surface area contributed by atoms with Gasteiger partial charge in [-0.2, -0.15) is 5.10 Å². The van der Waals surface area contributed by atoms with E-state index in [0.717, 1.165) is 17.3 Å². The van der Waals surface area contributed by atoms with Gasteiger partial charge in [0.1, 0.15) is 12.1 Å². The van der Waals surface area contributed by atoms with Gasteiger partial charge in [0.05, 0.1) is 42.6 Å². The zero-order valence-electron chi connectivity index (χ0n) is 17.4. The van der Waals surface area contributed by atoms with Crippen LogP contribution >= 0.6 is 0 Å². The smallest absolute Gasteiger partial charge is 0.213 e. The Hall–Kier alpha value is -4.08. The van der Waals surface area contributed by atoms with Gasteiger partial charge in [-0.15, -0.1) is 0 Å². The van der Waals surface area contributed by atoms with Crippen molar-refractivity contribution < 1.29 is 13.9 Å². The Labute approximate surface area is 177 Å². The zero-order valence-corrected chi connectivity index (χ0v) is 17.4. The standard InChI is InChI=1S/C21H20FN7O2/c1-27(12-30)18-9-24-17-6-19(31-4)14(13-7-26-28(2)10-13)5-15(17)20(18)29(3)21-16(22)8-23-11-25-21/h5-12H,1-4H3. The molecule has 0 atom stereocenters. The van der Waals surface area contributed by atoms with Crippen molar-refractivity contribution >= 4 is 34.5 Å². The van der Waals surface area contributed by atoms with E-state index < -0.39 is 5.82 Å². The number of aryl methyl sites for hydroxylation is 1. The maximum absolute atomic E-state index is 14.5. The van der Waals surface area contributed by atoms with Crippen LogP contribution in [0.5, 0.6) is 5.75 Å². The average Bonchev–Trinajstić information content (AvgIpc) is 3.22. The maximum Gasteiger partial charge on any atom is 0.213 e. The van der Waals surface area contributed by atoms with Crippen LogP contribution in [0.25, 0.3) is 22.0 Å². The molecule has 3 heterocycles. The van der Waals surface area contributed by atoms with Crippen LogP contribution in [-0.4, -0.2) is 52.3 Å². The second-order valence-electron chi connectivity index (χ2n) is 6.93. The minimum atomic E-state index is -0.587. The molecule has 0 aliphatic rings. The highest BCUT2D eigenvalue weighted by molar-refractivity contribution is 6.04. The van der Waals surface area contributed by atoms with Crippen molar-refractivity contribution in [1.29, 1.82) is 0 Å². The molecule has 1 amide bonds. The number of amides is 1. The van der Waals surface area contributed by atoms with E-state index >= 15 is 0 Å². The van der Waals surface area contributed by atoms with Gasteiger partial charge in [0.15, 0.2) is 11.6 Å². The minimum Gasteiger partial charge on any atom is -0.496 e. The molecular weight excluding hydrogens is 401 g/mol. The number of carbonyl (C=O) groups excluding carboxylic acids is 1. The summed E-state index contributed by atoms with van der Waals surface area (Å²) in [6, 6.07) is 3.70. The first kappa shape index (κ1) is 20.2. The van der Waals surface area contributed by atoms with Gasteiger partial charge in [0.2, 0.25) is 6.41 Å². The second-order valence-corrected chi connectivity index (χ2v) is 6.93. The predicted molar refractivity (Wildman–Crippen MR) is 115 cm³/mol. The second kappa shape index (κ2) is 7.98. The first-order valence-electron chi connectivity index (χ1n) is 9.31. The van der Waals surface area contributed by atoms with Crippen LogP contribution in [0.1, 0.15) is 0 Å². The Morgan fingerprint density at radius 2 is 1.97 bits per heavy atom. The molecule has 0 fully saturated rings. The number of methoxy groups -OCH3 is 1. The summed E-state index contributed by atoms with van der Waals surface area (Å²) >= 11 is 0. The van der Waals surface area contributed by atoms with Gasteiger partial charge in [0.25, 0.3) is 0 Å². The van der Waals surface area contributed by atoms with Crippen molar-refractivity contribution in [1.82, 2.24) is 24.7 Å². The summed E-state index contributed by atoms with van der Waals surface area (Å²) in [5, 5.41) is 4.92. The summed E-state index contributed by atoms with van der Waals surface area (Å²) in [5.41, 5.74) is 3.30. The van der Waals surface area contributed by atoms with Crippen LogP contribution in [0, 0.1) is 5.82 Å². The first-order chi connectivity index (χ1) is 14.9. The highest BCUT2D eigenvalue weighted by atomic mass is 19.1. The van der Waals surface area contributed by atoms with Crippen LogP contribution in [0.15, 0.2) is 43.2 Å². The van der Waals surface area contributed by atoms with Crippen molar-refractivity contribution in [2.24, 2.45) is 7.05 Å². The molecule has 31 heavy (non-hydrogen) atoms. The molecular formula is C21H20FN7O2. The van der Waals surface area contributed by atoms with Gasteiger partial charge in [0, 0.05) is 49.9 Å². The van der Waals surface area contributed by atoms with E-state index in [4.69, 9.17) is 4.74 Å². The number of rotatable bonds is 6. The molecule has 0 spiro atoms. The van der Waals surface area contributed by atoms with Crippen molar-refractivity contribution in [3.8, 4) is 16.9 Å². The number of pyridine rings is 1. The lowest BCUT2D eigenvalue weighted by molar-refractivity contribution is -0.107. The third-order valence-corrected chi connectivity index (χ3v) is 5.00. The van der Waals surface area contributed by atoms with E-state index in [1.54, 1.807) is 49.2 Å². The highest BCUT2D eigenvalue weighted by Gasteiger charge is 2.22. The number of hydrogen-bond donors (Lipinski definition) is 0. The number of aromatic nitrogens is 5. The number of fused-ring (bicyclic) bond motifs is 1. The van der Waals surface area contributed by atoms with Gasteiger partial charge in [-0.3, -0.25) is 14.5 Å². The van der Waals surface area contributed by atoms with E-state index in [9.17, 15) is 9.18 Å². The van der Waals surface area contributed by atoms with Gasteiger partial charge >= 0.3 is 0 Å². The largest absolute Gasteiger partial charge is 0.496 e. The van der Waals surface area contributed by atoms with Crippen LogP contribution < -0.4 is 14.5 Å². The van der Waals surface area contributed by atoms with E-state index in [2.05, 4.69) is 20.1 Å². The van der Waals surface area contributed by atoms with Gasteiger partial charge < -0.3 is 14.5 Å². The minimum absolute atomic E-state index is 0.0711. The van der Waals surface area contributed by atoms with Crippen molar-refractivity contribution in [3.63, 3.8) is 0 Å². The molecule has 0 aliphatic carbocycles. The van der Waals surface area contributed by atoms with Gasteiger partial charge in [-0.05, 0) is 6.07 Å². The Balaban J connectivity index is 2.05. The van der Waals surface area contributed by atoms with Crippen LogP contribution in [0.2, 0.25) is 0 Å². The lowest BCUT2D eigenvalue weighted by Crippen LogP contribution is -2.21. The van der Waals surface area contributed by atoms with Crippen LogP contribution in [0.4, 0.5) is 21.6 Å². The highest BCUT2D eigenvalue weighted by Crippen LogP contribution is 2.42. The summed E-state index contributed by atoms with van der Waals surface area (Å²) in [5.74, 6) is 0.101. The van der Waals surface area contributed by atoms with Crippen molar-refractivity contribution in [2.45, 2.75) is 0 Å². The fourth-order valence-corrected chi connectivity index (χ4v) is 3.48. The molecule has 0 radical (unpaired) electrons. The summed E-state index contributed by atoms with van der Waals surface area (Å²) in [4.78, 5) is 26.8. The number of halogens is 1. The number of anilines is 3. The third kappa shape index (κ3) is 3.52. The predicted octanol–water partition coefficient (Wildman–Crippen LogP) is 2.93. The molecule has 0 saturated carbocycles. The molecule has 4 aromatic rings. The molecule has 0 N–H and O–H groups in total. The summed E-state index contributed by atoms with van der Waals surface area (Å²) in [6.45, 7) is 0. The molecule has 1 aromatic carbocycles. The zero-order chi connectivity index (χ0) is 22.1. The monoisotopic (exact) mass is 421 g/mol. The Morgan fingerprint density at radius 1 is 1.16 bits per heavy atom. The average molecular weight is 421 g/mol. The number of ether oxygens (including phenoxy) is 1. The van der Waals surface area contributed by atoms with Crippen molar-refractivity contribution in [3.05, 3.63) is 49.1 Å². The quantitative estimate of drug-likeness (QED) is 0.442. The number of carbonyl (C=O) groups is 1. The fraction of sp³-hybridized carbons (Fsp3) is 0.190.